The summed E-state index contributed by atoms with van der Waals surface area (Å²) in [5.41, 5.74) is 5.60. The van der Waals surface area contributed by atoms with Crippen LogP contribution in [0.25, 0.3) is 0 Å². The van der Waals surface area contributed by atoms with Crippen LogP contribution in [0.15, 0.2) is 41.5 Å². The molecular weight excluding hydrogens is 272 g/mol. The van der Waals surface area contributed by atoms with Crippen molar-refractivity contribution in [3.63, 3.8) is 0 Å². The third kappa shape index (κ3) is 2.96. The van der Waals surface area contributed by atoms with Crippen LogP contribution in [0.2, 0.25) is 0 Å². The van der Waals surface area contributed by atoms with Crippen molar-refractivity contribution in [3.8, 4) is 0 Å². The molecule has 0 saturated carbocycles. The highest BCUT2D eigenvalue weighted by molar-refractivity contribution is 5.98. The number of fused-ring (bicyclic) bond motifs is 1. The van der Waals surface area contributed by atoms with Crippen molar-refractivity contribution < 1.29 is 9.59 Å². The van der Waals surface area contributed by atoms with Gasteiger partial charge in [0.05, 0.1) is 0 Å². The molecule has 0 bridgehead atoms. The van der Waals surface area contributed by atoms with Crippen molar-refractivity contribution in [2.75, 3.05) is 0 Å². The molecule has 2 aliphatic rings. The molecule has 0 saturated heterocycles. The van der Waals surface area contributed by atoms with Crippen LogP contribution in [0.5, 0.6) is 0 Å². The van der Waals surface area contributed by atoms with Crippen LogP contribution in [0.3, 0.4) is 0 Å². The van der Waals surface area contributed by atoms with Gasteiger partial charge < -0.3 is 0 Å². The second-order valence-electron chi connectivity index (χ2n) is 6.53. The van der Waals surface area contributed by atoms with Gasteiger partial charge in [-0.3, -0.25) is 9.59 Å². The molecule has 0 heterocycles. The Hall–Kier alpha value is -1.96. The Morgan fingerprint density at radius 3 is 2.68 bits per heavy atom. The first-order valence-corrected chi connectivity index (χ1v) is 8.10. The SMILES string of the molecule is CC1=CC(=O)C(CCC(=O)c2ccc3c(c2)CCC3)C(C)=C1. The summed E-state index contributed by atoms with van der Waals surface area (Å²) >= 11 is 0. The Labute approximate surface area is 131 Å². The van der Waals surface area contributed by atoms with Gasteiger partial charge in [-0.1, -0.05) is 23.8 Å². The van der Waals surface area contributed by atoms with Gasteiger partial charge >= 0.3 is 0 Å². The number of Topliss-reactive ketones (excluding diaryl/α,β-unsaturated/α-hetero) is 1. The van der Waals surface area contributed by atoms with E-state index in [1.807, 2.05) is 26.0 Å². The maximum atomic E-state index is 12.4. The van der Waals surface area contributed by atoms with Crippen LogP contribution < -0.4 is 0 Å². The molecule has 1 aromatic rings. The van der Waals surface area contributed by atoms with Gasteiger partial charge in [-0.2, -0.15) is 0 Å². The molecule has 0 spiro atoms. The largest absolute Gasteiger partial charge is 0.294 e. The van der Waals surface area contributed by atoms with Gasteiger partial charge in [-0.25, -0.2) is 0 Å². The number of benzene rings is 1. The summed E-state index contributed by atoms with van der Waals surface area (Å²) < 4.78 is 0. The van der Waals surface area contributed by atoms with Crippen LogP contribution in [-0.4, -0.2) is 11.6 Å². The van der Waals surface area contributed by atoms with E-state index in [1.165, 1.54) is 17.5 Å². The smallest absolute Gasteiger partial charge is 0.163 e. The minimum absolute atomic E-state index is 0.123. The zero-order valence-electron chi connectivity index (χ0n) is 13.3. The first-order valence-electron chi connectivity index (χ1n) is 8.10. The molecule has 0 fully saturated rings. The van der Waals surface area contributed by atoms with E-state index in [2.05, 4.69) is 12.1 Å². The maximum Gasteiger partial charge on any atom is 0.163 e. The van der Waals surface area contributed by atoms with E-state index in [9.17, 15) is 9.59 Å². The Morgan fingerprint density at radius 2 is 1.91 bits per heavy atom. The molecule has 114 valence electrons. The normalized spacial score (nSPS) is 20.5. The van der Waals surface area contributed by atoms with Crippen LogP contribution in [0.1, 0.15) is 54.6 Å². The highest BCUT2D eigenvalue weighted by Gasteiger charge is 2.23. The van der Waals surface area contributed by atoms with E-state index < -0.39 is 0 Å². The monoisotopic (exact) mass is 294 g/mol. The Morgan fingerprint density at radius 1 is 1.14 bits per heavy atom. The van der Waals surface area contributed by atoms with E-state index in [0.717, 1.165) is 29.6 Å². The average Bonchev–Trinajstić information content (AvgIpc) is 2.93. The summed E-state index contributed by atoms with van der Waals surface area (Å²) in [4.78, 5) is 24.5. The minimum Gasteiger partial charge on any atom is -0.294 e. The molecule has 1 atom stereocenters. The Balaban J connectivity index is 1.66. The van der Waals surface area contributed by atoms with Crippen molar-refractivity contribution in [2.24, 2.45) is 5.92 Å². The fraction of sp³-hybridized carbons (Fsp3) is 0.400. The van der Waals surface area contributed by atoms with Crippen molar-refractivity contribution in [1.82, 2.24) is 0 Å². The molecule has 2 nitrogen and oxygen atoms in total. The molecule has 0 aliphatic heterocycles. The summed E-state index contributed by atoms with van der Waals surface area (Å²) in [5, 5.41) is 0. The standard InChI is InChI=1S/C20H22O2/c1-13-10-14(2)18(20(22)11-13)8-9-19(21)17-7-6-15-4-3-5-16(15)12-17/h6-7,10-12,18H,3-5,8-9H2,1-2H3. The zero-order chi connectivity index (χ0) is 15.7. The lowest BCUT2D eigenvalue weighted by molar-refractivity contribution is -0.117. The lowest BCUT2D eigenvalue weighted by Gasteiger charge is -2.19. The molecule has 2 heteroatoms. The van der Waals surface area contributed by atoms with Gasteiger partial charge in [0.25, 0.3) is 0 Å². The number of allylic oxidation sites excluding steroid dienone is 4. The molecule has 0 N–H and O–H groups in total. The highest BCUT2D eigenvalue weighted by Crippen LogP contribution is 2.27. The molecule has 0 radical (unpaired) electrons. The van der Waals surface area contributed by atoms with Crippen LogP contribution >= 0.6 is 0 Å². The van der Waals surface area contributed by atoms with E-state index in [4.69, 9.17) is 0 Å². The van der Waals surface area contributed by atoms with Gasteiger partial charge in [0, 0.05) is 17.9 Å². The Kier molecular flexibility index (Phi) is 4.10. The number of carbonyl (C=O) groups excluding carboxylic acids is 2. The van der Waals surface area contributed by atoms with Crippen molar-refractivity contribution in [2.45, 2.75) is 46.0 Å². The number of hydrogen-bond donors (Lipinski definition) is 0. The first-order chi connectivity index (χ1) is 10.5. The molecule has 22 heavy (non-hydrogen) atoms. The lowest BCUT2D eigenvalue weighted by Crippen LogP contribution is -2.18. The molecule has 0 amide bonds. The molecule has 2 aliphatic carbocycles. The van der Waals surface area contributed by atoms with E-state index in [-0.39, 0.29) is 17.5 Å². The summed E-state index contributed by atoms with van der Waals surface area (Å²) in [6, 6.07) is 6.10. The summed E-state index contributed by atoms with van der Waals surface area (Å²) in [6.07, 6.45) is 8.20. The first kappa shape index (κ1) is 15.0. The van der Waals surface area contributed by atoms with Crippen molar-refractivity contribution in [3.05, 3.63) is 58.2 Å². The third-order valence-electron chi connectivity index (χ3n) is 4.80. The number of aryl methyl sites for hydroxylation is 2. The molecular formula is C20H22O2. The third-order valence-corrected chi connectivity index (χ3v) is 4.80. The van der Waals surface area contributed by atoms with E-state index >= 15 is 0 Å². The predicted octanol–water partition coefficient (Wildman–Crippen LogP) is 4.23. The molecule has 1 unspecified atom stereocenters. The molecule has 0 aromatic heterocycles. The van der Waals surface area contributed by atoms with Gasteiger partial charge in [-0.05, 0) is 68.4 Å². The number of carbonyl (C=O) groups is 2. The quantitative estimate of drug-likeness (QED) is 0.779. The number of hydrogen-bond acceptors (Lipinski definition) is 2. The second-order valence-corrected chi connectivity index (χ2v) is 6.53. The molecule has 1 aromatic carbocycles. The minimum atomic E-state index is -0.123. The zero-order valence-corrected chi connectivity index (χ0v) is 13.3. The van der Waals surface area contributed by atoms with Crippen LogP contribution in [-0.2, 0) is 17.6 Å². The summed E-state index contributed by atoms with van der Waals surface area (Å²) in [6.45, 7) is 3.92. The van der Waals surface area contributed by atoms with Gasteiger partial charge in [-0.15, -0.1) is 0 Å². The maximum absolute atomic E-state index is 12.4. The highest BCUT2D eigenvalue weighted by atomic mass is 16.1. The lowest BCUT2D eigenvalue weighted by atomic mass is 9.84. The van der Waals surface area contributed by atoms with Crippen molar-refractivity contribution >= 4 is 11.6 Å². The summed E-state index contributed by atoms with van der Waals surface area (Å²) in [5.74, 6) is 0.169. The van der Waals surface area contributed by atoms with Crippen molar-refractivity contribution in [1.29, 1.82) is 0 Å². The average molecular weight is 294 g/mol. The van der Waals surface area contributed by atoms with E-state index in [1.54, 1.807) is 6.08 Å². The van der Waals surface area contributed by atoms with Gasteiger partial charge in [0.2, 0.25) is 0 Å². The Bertz CT molecular complexity index is 692. The predicted molar refractivity (Wildman–Crippen MR) is 88.0 cm³/mol. The van der Waals surface area contributed by atoms with Gasteiger partial charge in [0.1, 0.15) is 0 Å². The van der Waals surface area contributed by atoms with E-state index in [0.29, 0.717) is 12.8 Å². The second kappa shape index (κ2) is 6.04. The van der Waals surface area contributed by atoms with Crippen LogP contribution in [0, 0.1) is 5.92 Å². The number of rotatable bonds is 4. The molecule has 3 rings (SSSR count). The topological polar surface area (TPSA) is 34.1 Å². The fourth-order valence-electron chi connectivity index (χ4n) is 3.59. The van der Waals surface area contributed by atoms with Gasteiger partial charge in [0.15, 0.2) is 11.6 Å². The number of ketones is 2. The van der Waals surface area contributed by atoms with Crippen LogP contribution in [0.4, 0.5) is 0 Å². The summed E-state index contributed by atoms with van der Waals surface area (Å²) in [7, 11) is 0. The fourth-order valence-corrected chi connectivity index (χ4v) is 3.59.